The molecule has 12 heavy (non-hydrogen) atoms. The number of aliphatic imine (C=N–C) groups is 1. The molecule has 0 unspecified atom stereocenters. The molecule has 0 aromatic carbocycles. The molecule has 0 atom stereocenters. The van der Waals surface area contributed by atoms with Crippen LogP contribution in [0.5, 0.6) is 0 Å². The molecule has 0 aromatic heterocycles. The third kappa shape index (κ3) is 3.51. The van der Waals surface area contributed by atoms with E-state index >= 15 is 0 Å². The summed E-state index contributed by atoms with van der Waals surface area (Å²) < 4.78 is 12.3. The van der Waals surface area contributed by atoms with E-state index in [9.17, 15) is 4.39 Å². The number of nitriles is 1. The highest BCUT2D eigenvalue weighted by molar-refractivity contribution is 6.70. The van der Waals surface area contributed by atoms with Crippen LogP contribution in [0.15, 0.2) is 28.1 Å². The second-order valence-corrected chi connectivity index (χ2v) is 2.53. The molecule has 0 fully saturated rings. The minimum absolute atomic E-state index is 0.0592. The molecule has 0 aliphatic rings. The van der Waals surface area contributed by atoms with Gasteiger partial charge >= 0.3 is 0 Å². The van der Waals surface area contributed by atoms with Crippen molar-refractivity contribution in [1.82, 2.24) is 0 Å². The van der Waals surface area contributed by atoms with Crippen molar-refractivity contribution in [3.8, 4) is 6.07 Å². The number of nitrogens with zero attached hydrogens (tertiary/aromatic N) is 2. The molecule has 0 bridgehead atoms. The molecule has 0 N–H and O–H groups in total. The predicted octanol–water partition coefficient (Wildman–Crippen LogP) is 3.10. The summed E-state index contributed by atoms with van der Waals surface area (Å²) >= 11 is 10.7. The van der Waals surface area contributed by atoms with E-state index in [4.69, 9.17) is 28.5 Å². The number of hydrogen-bond acceptors (Lipinski definition) is 2. The van der Waals surface area contributed by atoms with E-state index in [1.165, 1.54) is 0 Å². The first-order chi connectivity index (χ1) is 5.49. The monoisotopic (exact) mass is 206 g/mol. The van der Waals surface area contributed by atoms with Crippen LogP contribution in [0.3, 0.4) is 0 Å². The molecular formula is C7H5Cl2FN2. The van der Waals surface area contributed by atoms with Gasteiger partial charge in [-0.2, -0.15) is 5.26 Å². The molecule has 64 valence electrons. The first kappa shape index (κ1) is 11.2. The van der Waals surface area contributed by atoms with Gasteiger partial charge in [-0.1, -0.05) is 29.8 Å². The third-order valence-electron chi connectivity index (χ3n) is 0.865. The maximum Gasteiger partial charge on any atom is 0.161 e. The van der Waals surface area contributed by atoms with Crippen LogP contribution in [-0.4, -0.2) is 5.17 Å². The Kier molecular flexibility index (Phi) is 4.57. The lowest BCUT2D eigenvalue weighted by Crippen LogP contribution is -1.89. The van der Waals surface area contributed by atoms with Crippen molar-refractivity contribution in [2.75, 3.05) is 0 Å². The van der Waals surface area contributed by atoms with Gasteiger partial charge in [-0.25, -0.2) is 9.38 Å². The number of halogens is 3. The van der Waals surface area contributed by atoms with Crippen molar-refractivity contribution in [3.05, 3.63) is 23.1 Å². The van der Waals surface area contributed by atoms with E-state index < -0.39 is 5.83 Å². The fraction of sp³-hybridized carbons (Fsp3) is 0.143. The average molecular weight is 207 g/mol. The van der Waals surface area contributed by atoms with Gasteiger partial charge in [-0.3, -0.25) is 0 Å². The third-order valence-corrected chi connectivity index (χ3v) is 1.52. The minimum atomic E-state index is -0.666. The van der Waals surface area contributed by atoms with Crippen LogP contribution in [0.1, 0.15) is 6.92 Å². The molecule has 2 nitrogen and oxygen atoms in total. The lowest BCUT2D eigenvalue weighted by Gasteiger charge is -1.92. The van der Waals surface area contributed by atoms with Gasteiger partial charge in [0.25, 0.3) is 0 Å². The fourth-order valence-electron chi connectivity index (χ4n) is 0.277. The van der Waals surface area contributed by atoms with Crippen LogP contribution in [0.4, 0.5) is 4.39 Å². The quantitative estimate of drug-likeness (QED) is 0.389. The van der Waals surface area contributed by atoms with E-state index in [0.29, 0.717) is 0 Å². The Bertz CT molecular complexity index is 295. The first-order valence-corrected chi connectivity index (χ1v) is 3.60. The second-order valence-electron chi connectivity index (χ2n) is 1.82. The summed E-state index contributed by atoms with van der Waals surface area (Å²) in [6, 6.07) is 1.65. The SMILES string of the molecule is C=C(C#N)C(Cl)=N/C(Cl)=C(\C)F. The van der Waals surface area contributed by atoms with Crippen LogP contribution < -0.4 is 0 Å². The van der Waals surface area contributed by atoms with Crippen LogP contribution in [0.2, 0.25) is 0 Å². The largest absolute Gasteiger partial charge is 0.220 e. The van der Waals surface area contributed by atoms with Crippen molar-refractivity contribution < 1.29 is 4.39 Å². The Balaban J connectivity index is 4.73. The molecule has 0 rings (SSSR count). The molecule has 0 saturated carbocycles. The maximum absolute atomic E-state index is 12.3. The first-order valence-electron chi connectivity index (χ1n) is 2.84. The van der Waals surface area contributed by atoms with E-state index in [1.807, 2.05) is 0 Å². The highest BCUT2D eigenvalue weighted by Crippen LogP contribution is 2.14. The van der Waals surface area contributed by atoms with E-state index in [1.54, 1.807) is 6.07 Å². The fourth-order valence-corrected chi connectivity index (χ4v) is 0.531. The van der Waals surface area contributed by atoms with Crippen LogP contribution in [0, 0.1) is 11.3 Å². The Morgan fingerprint density at radius 3 is 2.42 bits per heavy atom. The molecular weight excluding hydrogens is 202 g/mol. The smallest absolute Gasteiger partial charge is 0.161 e. The Hall–Kier alpha value is -0.850. The molecule has 5 heteroatoms. The van der Waals surface area contributed by atoms with Gasteiger partial charge in [0.15, 0.2) is 5.16 Å². The van der Waals surface area contributed by atoms with Crippen molar-refractivity contribution in [2.24, 2.45) is 4.99 Å². The van der Waals surface area contributed by atoms with Gasteiger partial charge in [0, 0.05) is 0 Å². The van der Waals surface area contributed by atoms with Crippen molar-refractivity contribution in [2.45, 2.75) is 6.92 Å². The van der Waals surface area contributed by atoms with E-state index in [-0.39, 0.29) is 15.9 Å². The minimum Gasteiger partial charge on any atom is -0.220 e. The topological polar surface area (TPSA) is 36.1 Å². The summed E-state index contributed by atoms with van der Waals surface area (Å²) in [4.78, 5) is 3.38. The van der Waals surface area contributed by atoms with E-state index in [2.05, 4.69) is 11.6 Å². The average Bonchev–Trinajstić information content (AvgIpc) is 2.02. The Morgan fingerprint density at radius 2 is 2.08 bits per heavy atom. The number of rotatable bonds is 2. The van der Waals surface area contributed by atoms with Gasteiger partial charge < -0.3 is 0 Å². The molecule has 0 aromatic rings. The molecule has 0 radical (unpaired) electrons. The predicted molar refractivity (Wildman–Crippen MR) is 47.7 cm³/mol. The van der Waals surface area contributed by atoms with Crippen molar-refractivity contribution in [3.63, 3.8) is 0 Å². The van der Waals surface area contributed by atoms with Gasteiger partial charge in [-0.05, 0) is 6.92 Å². The number of hydrogen-bond donors (Lipinski definition) is 0. The maximum atomic E-state index is 12.3. The molecule has 0 aliphatic carbocycles. The Labute approximate surface area is 79.6 Å². The second kappa shape index (κ2) is 4.91. The summed E-state index contributed by atoms with van der Waals surface area (Å²) in [5.41, 5.74) is -0.0592. The zero-order chi connectivity index (χ0) is 9.72. The zero-order valence-corrected chi connectivity index (χ0v) is 7.75. The van der Waals surface area contributed by atoms with Gasteiger partial charge in [0.1, 0.15) is 17.1 Å². The highest BCUT2D eigenvalue weighted by atomic mass is 35.5. The zero-order valence-electron chi connectivity index (χ0n) is 6.24. The van der Waals surface area contributed by atoms with Gasteiger partial charge in [0.05, 0.1) is 5.57 Å². The summed E-state index contributed by atoms with van der Waals surface area (Å²) in [7, 11) is 0. The summed E-state index contributed by atoms with van der Waals surface area (Å²) in [6.07, 6.45) is 0. The van der Waals surface area contributed by atoms with Crippen molar-refractivity contribution in [1.29, 1.82) is 5.26 Å². The summed E-state index contributed by atoms with van der Waals surface area (Å²) in [6.45, 7) is 4.39. The Morgan fingerprint density at radius 1 is 1.58 bits per heavy atom. The molecule has 0 aliphatic heterocycles. The van der Waals surface area contributed by atoms with Crippen molar-refractivity contribution >= 4 is 28.4 Å². The molecule has 0 saturated heterocycles. The lowest BCUT2D eigenvalue weighted by molar-refractivity contribution is 0.634. The summed E-state index contributed by atoms with van der Waals surface area (Å²) in [5, 5.41) is 7.70. The van der Waals surface area contributed by atoms with Crippen LogP contribution in [-0.2, 0) is 0 Å². The van der Waals surface area contributed by atoms with Gasteiger partial charge in [-0.15, -0.1) is 0 Å². The standard InChI is InChI=1S/C7H5Cl2FN2/c1-4(3-11)6(8)12-7(9)5(2)10/h1H2,2H3/b7-5+,12-6?. The molecule has 0 spiro atoms. The van der Waals surface area contributed by atoms with Crippen LogP contribution >= 0.6 is 23.2 Å². The lowest BCUT2D eigenvalue weighted by atomic mass is 10.4. The van der Waals surface area contributed by atoms with Gasteiger partial charge in [0.2, 0.25) is 0 Å². The molecule has 0 heterocycles. The number of allylic oxidation sites excluding steroid dienone is 2. The highest BCUT2D eigenvalue weighted by Gasteiger charge is 2.02. The molecule has 0 amide bonds. The summed E-state index contributed by atoms with van der Waals surface area (Å²) in [5.74, 6) is -0.666. The van der Waals surface area contributed by atoms with E-state index in [0.717, 1.165) is 6.92 Å². The normalized spacial score (nSPS) is 13.4. The van der Waals surface area contributed by atoms with Crippen LogP contribution in [0.25, 0.3) is 0 Å².